The van der Waals surface area contributed by atoms with Crippen molar-refractivity contribution < 1.29 is 0 Å². The summed E-state index contributed by atoms with van der Waals surface area (Å²) < 4.78 is 0. The normalized spacial score (nSPS) is 11.0. The number of benzene rings is 2. The van der Waals surface area contributed by atoms with E-state index >= 15 is 0 Å². The van der Waals surface area contributed by atoms with Gasteiger partial charge in [-0.15, -0.1) is 10.2 Å². The molecular weight excluding hydrogens is 336 g/mol. The number of aromatic nitrogens is 2. The molecule has 3 heteroatoms. The molecule has 0 aliphatic rings. The van der Waals surface area contributed by atoms with Crippen molar-refractivity contribution in [1.29, 1.82) is 0 Å². The van der Waals surface area contributed by atoms with Gasteiger partial charge in [-0.3, -0.25) is 0 Å². The Labute approximate surface area is 161 Å². The molecule has 0 amide bonds. The highest BCUT2D eigenvalue weighted by atomic mass is 32.1. The van der Waals surface area contributed by atoms with E-state index in [4.69, 9.17) is 0 Å². The fraction of sp³-hybridized carbons (Fsp3) is 0.391. The van der Waals surface area contributed by atoms with Crippen molar-refractivity contribution in [3.05, 3.63) is 59.7 Å². The lowest BCUT2D eigenvalue weighted by Crippen LogP contribution is -1.86. The van der Waals surface area contributed by atoms with Crippen LogP contribution in [0, 0.1) is 0 Å². The first-order valence-electron chi connectivity index (χ1n) is 9.82. The zero-order valence-corrected chi connectivity index (χ0v) is 16.7. The molecule has 0 bridgehead atoms. The van der Waals surface area contributed by atoms with Gasteiger partial charge in [0.1, 0.15) is 10.0 Å². The predicted molar refractivity (Wildman–Crippen MR) is 113 cm³/mol. The summed E-state index contributed by atoms with van der Waals surface area (Å²) >= 11 is 1.67. The van der Waals surface area contributed by atoms with Crippen LogP contribution in [0.1, 0.15) is 57.1 Å². The Hall–Kier alpha value is -2.00. The number of unbranched alkanes of at least 4 members (excludes halogenated alkanes) is 3. The van der Waals surface area contributed by atoms with E-state index in [1.807, 2.05) is 0 Å². The molecule has 0 aliphatic carbocycles. The third-order valence-electron chi connectivity index (χ3n) is 4.68. The van der Waals surface area contributed by atoms with Crippen LogP contribution >= 0.6 is 11.3 Å². The Balaban J connectivity index is 1.65. The van der Waals surface area contributed by atoms with Crippen molar-refractivity contribution in [3.8, 4) is 21.1 Å². The molecule has 2 aromatic carbocycles. The Bertz CT molecular complexity index is 788. The second-order valence-corrected chi connectivity index (χ2v) is 7.84. The van der Waals surface area contributed by atoms with Crippen molar-refractivity contribution in [3.63, 3.8) is 0 Å². The van der Waals surface area contributed by atoms with E-state index in [0.717, 1.165) is 27.6 Å². The molecule has 3 rings (SSSR count). The summed E-state index contributed by atoms with van der Waals surface area (Å²) in [4.78, 5) is 0. The molecule has 0 N–H and O–H groups in total. The first kappa shape index (κ1) is 18.8. The summed E-state index contributed by atoms with van der Waals surface area (Å²) in [5, 5.41) is 10.8. The van der Waals surface area contributed by atoms with Gasteiger partial charge in [0.15, 0.2) is 0 Å². The van der Waals surface area contributed by atoms with Crippen molar-refractivity contribution >= 4 is 11.3 Å². The molecule has 0 unspecified atom stereocenters. The molecule has 2 nitrogen and oxygen atoms in total. The maximum absolute atomic E-state index is 4.41. The fourth-order valence-electron chi connectivity index (χ4n) is 3.13. The van der Waals surface area contributed by atoms with Crippen molar-refractivity contribution in [2.24, 2.45) is 0 Å². The quantitative estimate of drug-likeness (QED) is 0.384. The van der Waals surface area contributed by atoms with Crippen LogP contribution in [0.15, 0.2) is 48.5 Å². The molecule has 1 heterocycles. The van der Waals surface area contributed by atoms with E-state index in [0.29, 0.717) is 0 Å². The lowest BCUT2D eigenvalue weighted by Gasteiger charge is -2.02. The molecule has 0 aliphatic heterocycles. The first-order valence-corrected chi connectivity index (χ1v) is 10.6. The summed E-state index contributed by atoms with van der Waals surface area (Å²) in [6, 6.07) is 17.6. The topological polar surface area (TPSA) is 25.8 Å². The molecule has 0 spiro atoms. The largest absolute Gasteiger partial charge is 0.148 e. The predicted octanol–water partition coefficient (Wildman–Crippen LogP) is 6.95. The van der Waals surface area contributed by atoms with Crippen LogP contribution in [0.3, 0.4) is 0 Å². The number of rotatable bonds is 9. The Morgan fingerprint density at radius 1 is 0.615 bits per heavy atom. The molecule has 0 saturated heterocycles. The average molecular weight is 365 g/mol. The van der Waals surface area contributed by atoms with Gasteiger partial charge in [0, 0.05) is 11.1 Å². The molecule has 0 fully saturated rings. The lowest BCUT2D eigenvalue weighted by molar-refractivity contribution is 0.667. The fourth-order valence-corrected chi connectivity index (χ4v) is 3.98. The van der Waals surface area contributed by atoms with E-state index in [1.54, 1.807) is 11.3 Å². The zero-order chi connectivity index (χ0) is 18.2. The van der Waals surface area contributed by atoms with Crippen LogP contribution in [-0.2, 0) is 12.8 Å². The molecule has 0 saturated carbocycles. The van der Waals surface area contributed by atoms with Gasteiger partial charge in [0.2, 0.25) is 0 Å². The maximum atomic E-state index is 4.41. The lowest BCUT2D eigenvalue weighted by atomic mass is 10.0. The van der Waals surface area contributed by atoms with Gasteiger partial charge in [0.25, 0.3) is 0 Å². The minimum atomic E-state index is 0.992. The SMILES string of the molecule is CCCCCCc1ccc(-c2nnc(-c3ccc(CCC)cc3)s2)cc1. The standard InChI is InChI=1S/C23H28N2S/c1-3-5-6-7-9-19-12-16-21(17-13-19)23-25-24-22(26-23)20-14-10-18(8-4-2)11-15-20/h10-17H,3-9H2,1-2H3. The molecular formula is C23H28N2S. The van der Waals surface area contributed by atoms with E-state index in [-0.39, 0.29) is 0 Å². The van der Waals surface area contributed by atoms with Gasteiger partial charge in [-0.25, -0.2) is 0 Å². The molecule has 26 heavy (non-hydrogen) atoms. The molecule has 3 aromatic rings. The van der Waals surface area contributed by atoms with Gasteiger partial charge in [-0.05, 0) is 30.4 Å². The minimum absolute atomic E-state index is 0.992. The molecule has 136 valence electrons. The summed E-state index contributed by atoms with van der Waals surface area (Å²) in [6.45, 7) is 4.46. The highest BCUT2D eigenvalue weighted by molar-refractivity contribution is 7.17. The zero-order valence-electron chi connectivity index (χ0n) is 15.9. The summed E-state index contributed by atoms with van der Waals surface area (Å²) in [6.07, 6.45) is 8.72. The Morgan fingerprint density at radius 2 is 1.15 bits per heavy atom. The van der Waals surface area contributed by atoms with Crippen molar-refractivity contribution in [2.45, 2.75) is 58.8 Å². The first-order chi connectivity index (χ1) is 12.8. The highest BCUT2D eigenvalue weighted by Gasteiger charge is 2.09. The molecule has 1 aromatic heterocycles. The number of hydrogen-bond donors (Lipinski definition) is 0. The monoisotopic (exact) mass is 364 g/mol. The third kappa shape index (κ3) is 5.01. The number of hydrogen-bond acceptors (Lipinski definition) is 3. The van der Waals surface area contributed by atoms with E-state index in [9.17, 15) is 0 Å². The van der Waals surface area contributed by atoms with E-state index < -0.39 is 0 Å². The highest BCUT2D eigenvalue weighted by Crippen LogP contribution is 2.30. The van der Waals surface area contributed by atoms with Crippen LogP contribution in [-0.4, -0.2) is 10.2 Å². The Morgan fingerprint density at radius 3 is 1.65 bits per heavy atom. The minimum Gasteiger partial charge on any atom is -0.138 e. The van der Waals surface area contributed by atoms with Crippen LogP contribution in [0.4, 0.5) is 0 Å². The number of aryl methyl sites for hydroxylation is 2. The van der Waals surface area contributed by atoms with Gasteiger partial charge < -0.3 is 0 Å². The average Bonchev–Trinajstić information content (AvgIpc) is 3.17. The van der Waals surface area contributed by atoms with Crippen LogP contribution in [0.5, 0.6) is 0 Å². The summed E-state index contributed by atoms with van der Waals surface area (Å²) in [5.74, 6) is 0. The Kier molecular flexibility index (Phi) is 6.96. The molecule has 0 radical (unpaired) electrons. The van der Waals surface area contributed by atoms with E-state index in [1.165, 1.54) is 49.7 Å². The molecule has 0 atom stereocenters. The number of nitrogens with zero attached hydrogens (tertiary/aromatic N) is 2. The van der Waals surface area contributed by atoms with Crippen molar-refractivity contribution in [1.82, 2.24) is 10.2 Å². The summed E-state index contributed by atoms with van der Waals surface area (Å²) in [5.41, 5.74) is 5.12. The smallest absolute Gasteiger partial charge is 0.138 e. The van der Waals surface area contributed by atoms with Crippen LogP contribution < -0.4 is 0 Å². The van der Waals surface area contributed by atoms with E-state index in [2.05, 4.69) is 72.6 Å². The third-order valence-corrected chi connectivity index (χ3v) is 5.71. The van der Waals surface area contributed by atoms with Gasteiger partial charge >= 0.3 is 0 Å². The van der Waals surface area contributed by atoms with Gasteiger partial charge in [-0.1, -0.05) is 99.4 Å². The van der Waals surface area contributed by atoms with Gasteiger partial charge in [-0.2, -0.15) is 0 Å². The second kappa shape index (κ2) is 9.63. The van der Waals surface area contributed by atoms with Crippen LogP contribution in [0.2, 0.25) is 0 Å². The van der Waals surface area contributed by atoms with Gasteiger partial charge in [0.05, 0.1) is 0 Å². The van der Waals surface area contributed by atoms with Crippen molar-refractivity contribution in [2.75, 3.05) is 0 Å². The van der Waals surface area contributed by atoms with Crippen LogP contribution in [0.25, 0.3) is 21.1 Å². The maximum Gasteiger partial charge on any atom is 0.148 e. The second-order valence-electron chi connectivity index (χ2n) is 6.87. The summed E-state index contributed by atoms with van der Waals surface area (Å²) in [7, 11) is 0.